The first-order valence-electron chi connectivity index (χ1n) is 25.1. The third-order valence-electron chi connectivity index (χ3n) is 13.3. The highest BCUT2D eigenvalue weighted by Crippen LogP contribution is 2.38. The van der Waals surface area contributed by atoms with Crippen molar-refractivity contribution >= 4 is 59.1 Å². The summed E-state index contributed by atoms with van der Waals surface area (Å²) in [4.78, 5) is 85.0. The number of carbonyl (C=O) groups excluding carboxylic acids is 6. The van der Waals surface area contributed by atoms with Gasteiger partial charge in [0.1, 0.15) is 17.5 Å². The summed E-state index contributed by atoms with van der Waals surface area (Å²) < 4.78 is 24.0. The van der Waals surface area contributed by atoms with Crippen molar-refractivity contribution in [2.45, 2.75) is 64.2 Å². The van der Waals surface area contributed by atoms with Gasteiger partial charge in [-0.1, -0.05) is 62.4 Å². The molecular weight excluding hydrogens is 959 g/mol. The van der Waals surface area contributed by atoms with E-state index in [0.29, 0.717) is 104 Å². The molecule has 0 spiro atoms. The van der Waals surface area contributed by atoms with Gasteiger partial charge in [0.05, 0.1) is 69.2 Å². The molecule has 1 aromatic heterocycles. The SMILES string of the molecule is COc1cc2c(cc1OCCCNC(=O)c1cc(NC(=O)c3ccc(-c4ccc(NC(=O)[C@H](C)NC[C@@](C=O)(NC(=O)CCOCCOCCN)C(C)C)cc4)cc3)cn1C)N=CC1Cc3ccccc3CN1C2=O. The zero-order chi connectivity index (χ0) is 53.5. The molecule has 3 heterocycles. The second kappa shape index (κ2) is 26.0. The van der Waals surface area contributed by atoms with Crippen LogP contribution in [0.1, 0.15) is 75.9 Å². The van der Waals surface area contributed by atoms with Crippen LogP contribution in [0.5, 0.6) is 11.5 Å². The summed E-state index contributed by atoms with van der Waals surface area (Å²) in [5.74, 6) is -0.881. The number of aryl methyl sites for hydroxylation is 1. The van der Waals surface area contributed by atoms with Crippen LogP contribution in [0.4, 0.5) is 17.1 Å². The number of ether oxygens (including phenoxy) is 4. The molecule has 0 radical (unpaired) electrons. The number of methoxy groups -OCH3 is 1. The predicted octanol–water partition coefficient (Wildman–Crippen LogP) is 5.44. The Morgan fingerprint density at radius 1 is 0.840 bits per heavy atom. The topological polar surface area (TPSA) is 246 Å². The quantitative estimate of drug-likeness (QED) is 0.0300. The molecule has 5 amide bonds. The number of benzene rings is 4. The molecule has 1 unspecified atom stereocenters. The summed E-state index contributed by atoms with van der Waals surface area (Å²) >= 11 is 0. The number of nitrogens with one attached hydrogen (secondary N) is 5. The van der Waals surface area contributed by atoms with Gasteiger partial charge < -0.3 is 65.5 Å². The Morgan fingerprint density at radius 2 is 1.55 bits per heavy atom. The summed E-state index contributed by atoms with van der Waals surface area (Å²) in [6.45, 7) is 8.13. The van der Waals surface area contributed by atoms with Gasteiger partial charge in [0, 0.05) is 69.4 Å². The summed E-state index contributed by atoms with van der Waals surface area (Å²) in [5.41, 5.74) is 10.9. The molecule has 0 saturated carbocycles. The van der Waals surface area contributed by atoms with Gasteiger partial charge in [-0.3, -0.25) is 29.0 Å². The monoisotopic (exact) mass is 1030 g/mol. The second-order valence-electron chi connectivity index (χ2n) is 18.8. The average molecular weight is 1030 g/mol. The fraction of sp³-hybridized carbons (Fsp3) is 0.375. The smallest absolute Gasteiger partial charge is 0.267 e. The van der Waals surface area contributed by atoms with E-state index in [0.717, 1.165) is 16.7 Å². The predicted molar refractivity (Wildman–Crippen MR) is 286 cm³/mol. The van der Waals surface area contributed by atoms with Gasteiger partial charge in [-0.25, -0.2) is 0 Å². The van der Waals surface area contributed by atoms with Gasteiger partial charge in [-0.2, -0.15) is 0 Å². The molecule has 4 aromatic carbocycles. The first-order chi connectivity index (χ1) is 36.2. The Labute approximate surface area is 436 Å². The van der Waals surface area contributed by atoms with Crippen molar-refractivity contribution in [3.05, 3.63) is 125 Å². The van der Waals surface area contributed by atoms with Crippen molar-refractivity contribution in [2.75, 3.05) is 70.4 Å². The van der Waals surface area contributed by atoms with Gasteiger partial charge in [0.25, 0.3) is 17.7 Å². The standard InChI is InChI=1S/C56H67N9O10/c1-36(2)56(35-66,63-51(67)19-23-73-25-26-74-24-20-57)34-60-37(3)52(68)61-43-17-15-39(16-18-43)38-11-13-40(14-12-38)53(69)62-44-28-48(64(4)33-44)54(70)58-21-8-22-75-50-30-47-46(29-49(50)72-5)55(71)65-32-42-10-7-6-9-41(42)27-45(65)31-59-47/h6-7,9-18,28-31,33,35-37,45,60H,8,19-27,32,34,57H2,1-5H3,(H,58,70)(H,61,68)(H,62,69)(H,63,67)/t37-,45?,56-/m0/s1. The van der Waals surface area contributed by atoms with Crippen molar-refractivity contribution in [1.29, 1.82) is 0 Å². The maximum atomic E-state index is 13.7. The molecule has 19 nitrogen and oxygen atoms in total. The van der Waals surface area contributed by atoms with Gasteiger partial charge in [0.2, 0.25) is 11.8 Å². The molecule has 2 aliphatic heterocycles. The van der Waals surface area contributed by atoms with Crippen LogP contribution < -0.4 is 41.8 Å². The van der Waals surface area contributed by atoms with E-state index in [-0.39, 0.29) is 67.7 Å². The molecule has 0 bridgehead atoms. The highest BCUT2D eigenvalue weighted by Gasteiger charge is 2.36. The number of carbonyl (C=O) groups is 6. The normalized spacial score (nSPS) is 14.8. The minimum Gasteiger partial charge on any atom is -0.493 e. The first kappa shape index (κ1) is 55.0. The van der Waals surface area contributed by atoms with Crippen molar-refractivity contribution in [3.8, 4) is 22.6 Å². The highest BCUT2D eigenvalue weighted by molar-refractivity contribution is 6.06. The van der Waals surface area contributed by atoms with Crippen molar-refractivity contribution < 1.29 is 47.7 Å². The number of amides is 5. The number of anilines is 2. The van der Waals surface area contributed by atoms with Crippen LogP contribution in [-0.4, -0.2) is 129 Å². The van der Waals surface area contributed by atoms with Gasteiger partial charge in [-0.15, -0.1) is 0 Å². The molecule has 7 N–H and O–H groups in total. The van der Waals surface area contributed by atoms with Crippen LogP contribution in [0.15, 0.2) is 102 Å². The summed E-state index contributed by atoms with van der Waals surface area (Å²) in [5, 5.41) is 14.6. The number of hydrogen-bond donors (Lipinski definition) is 6. The molecule has 5 aromatic rings. The number of hydrogen-bond acceptors (Lipinski definition) is 13. The van der Waals surface area contributed by atoms with Gasteiger partial charge in [-0.05, 0) is 84.3 Å². The van der Waals surface area contributed by atoms with E-state index in [9.17, 15) is 28.8 Å². The number of fused-ring (bicyclic) bond motifs is 3. The minimum atomic E-state index is -1.24. The summed E-state index contributed by atoms with van der Waals surface area (Å²) in [6.07, 6.45) is 5.42. The molecule has 19 heteroatoms. The van der Waals surface area contributed by atoms with E-state index >= 15 is 0 Å². The number of nitrogens with two attached hydrogens (primary N) is 1. The van der Waals surface area contributed by atoms with Gasteiger partial charge in [0.15, 0.2) is 11.5 Å². The maximum absolute atomic E-state index is 13.7. The molecule has 75 heavy (non-hydrogen) atoms. The molecule has 0 saturated heterocycles. The largest absolute Gasteiger partial charge is 0.493 e. The third-order valence-corrected chi connectivity index (χ3v) is 13.3. The molecular formula is C56H67N9O10. The number of aldehydes is 1. The molecule has 0 fully saturated rings. The fourth-order valence-electron chi connectivity index (χ4n) is 8.65. The maximum Gasteiger partial charge on any atom is 0.267 e. The molecule has 7 rings (SSSR count). The van der Waals surface area contributed by atoms with E-state index in [4.69, 9.17) is 29.7 Å². The minimum absolute atomic E-state index is 0.0338. The Bertz CT molecular complexity index is 2850. The van der Waals surface area contributed by atoms with Crippen molar-refractivity contribution in [1.82, 2.24) is 25.4 Å². The van der Waals surface area contributed by atoms with E-state index in [1.807, 2.05) is 61.4 Å². The molecule has 2 aliphatic rings. The molecule has 396 valence electrons. The van der Waals surface area contributed by atoms with Crippen molar-refractivity contribution in [2.24, 2.45) is 23.7 Å². The lowest BCUT2D eigenvalue weighted by Crippen LogP contribution is -2.61. The van der Waals surface area contributed by atoms with Crippen LogP contribution >= 0.6 is 0 Å². The first-order valence-corrected chi connectivity index (χ1v) is 25.1. The van der Waals surface area contributed by atoms with Crippen LogP contribution in [0.25, 0.3) is 11.1 Å². The zero-order valence-corrected chi connectivity index (χ0v) is 43.1. The fourth-order valence-corrected chi connectivity index (χ4v) is 8.65. The average Bonchev–Trinajstić information content (AvgIpc) is 3.73. The van der Waals surface area contributed by atoms with Crippen LogP contribution in [0, 0.1) is 5.92 Å². The zero-order valence-electron chi connectivity index (χ0n) is 43.1. The van der Waals surface area contributed by atoms with Crippen molar-refractivity contribution in [3.63, 3.8) is 0 Å². The Balaban J connectivity index is 0.837. The summed E-state index contributed by atoms with van der Waals surface area (Å²) in [7, 11) is 3.24. The second-order valence-corrected chi connectivity index (χ2v) is 18.8. The van der Waals surface area contributed by atoms with E-state index < -0.39 is 11.6 Å². The van der Waals surface area contributed by atoms with E-state index in [1.165, 1.54) is 12.7 Å². The Morgan fingerprint density at radius 3 is 2.24 bits per heavy atom. The number of aromatic nitrogens is 1. The number of nitrogens with zero attached hydrogens (tertiary/aromatic N) is 3. The van der Waals surface area contributed by atoms with Crippen LogP contribution in [0.3, 0.4) is 0 Å². The number of aliphatic imine (C=N–C) groups is 1. The summed E-state index contributed by atoms with van der Waals surface area (Å²) in [6, 6.07) is 26.6. The lowest BCUT2D eigenvalue weighted by molar-refractivity contribution is -0.129. The lowest BCUT2D eigenvalue weighted by atomic mass is 9.87. The Hall–Kier alpha value is -7.71. The third kappa shape index (κ3) is 14.1. The Kier molecular flexibility index (Phi) is 19.1. The lowest BCUT2D eigenvalue weighted by Gasteiger charge is -2.34. The van der Waals surface area contributed by atoms with E-state index in [1.54, 1.807) is 67.2 Å². The molecule has 0 aliphatic carbocycles. The van der Waals surface area contributed by atoms with Crippen LogP contribution in [0.2, 0.25) is 0 Å². The van der Waals surface area contributed by atoms with Crippen LogP contribution in [-0.2, 0) is 43.9 Å². The van der Waals surface area contributed by atoms with E-state index in [2.05, 4.69) is 38.7 Å². The number of rotatable bonds is 26. The molecule has 3 atom stereocenters. The highest BCUT2D eigenvalue weighted by atomic mass is 16.5. The van der Waals surface area contributed by atoms with Gasteiger partial charge >= 0.3 is 0 Å².